The van der Waals surface area contributed by atoms with Gasteiger partial charge in [0.1, 0.15) is 0 Å². The number of fused-ring (bicyclic) bond motifs is 3. The fraction of sp³-hybridized carbons (Fsp3) is 0.409. The topological polar surface area (TPSA) is 57.2 Å². The molecule has 0 saturated carbocycles. The van der Waals surface area contributed by atoms with E-state index in [1.54, 1.807) is 33.5 Å². The average molecular weight is 385 g/mol. The molecule has 0 spiro atoms. The van der Waals surface area contributed by atoms with E-state index in [0.29, 0.717) is 23.0 Å². The minimum absolute atomic E-state index is 0.0777. The van der Waals surface area contributed by atoms with E-state index in [0.717, 1.165) is 35.1 Å². The lowest BCUT2D eigenvalue weighted by Crippen LogP contribution is -2.20. The molecular formula is C22H27NO5. The van der Waals surface area contributed by atoms with Gasteiger partial charge in [0, 0.05) is 11.6 Å². The summed E-state index contributed by atoms with van der Waals surface area (Å²) >= 11 is 0. The van der Waals surface area contributed by atoms with Crippen LogP contribution in [0.3, 0.4) is 0 Å². The zero-order valence-corrected chi connectivity index (χ0v) is 17.3. The summed E-state index contributed by atoms with van der Waals surface area (Å²) in [5, 5.41) is 0. The first-order valence-corrected chi connectivity index (χ1v) is 9.17. The number of hydrogen-bond donors (Lipinski definition) is 0. The Labute approximate surface area is 165 Å². The van der Waals surface area contributed by atoms with Crippen LogP contribution >= 0.6 is 0 Å². The Balaban J connectivity index is 2.45. The number of ether oxygens (including phenoxy) is 4. The molecule has 1 aliphatic carbocycles. The smallest absolute Gasteiger partial charge is 0.220 e. The fourth-order valence-corrected chi connectivity index (χ4v) is 3.98. The molecule has 3 rings (SSSR count). The molecule has 0 saturated heterocycles. The molecule has 150 valence electrons. The maximum absolute atomic E-state index is 12.7. The second-order valence-corrected chi connectivity index (χ2v) is 6.98. The normalized spacial score (nSPS) is 15.3. The summed E-state index contributed by atoms with van der Waals surface area (Å²) in [5.41, 5.74) is 3.76. The standard InChI is InChI=1S/C22H27NO5/c1-23(2)16-9-7-13-11-19(26-4)21(27-5)22(28-6)20(13)14-8-10-18(25-3)17(24)12-15(14)16/h8,10-12,16H,7,9H2,1-6H3/t16-/m1/s1. The Morgan fingerprint density at radius 2 is 1.57 bits per heavy atom. The predicted octanol–water partition coefficient (Wildman–Crippen LogP) is 3.30. The Kier molecular flexibility index (Phi) is 5.79. The van der Waals surface area contributed by atoms with Crippen LogP contribution < -0.4 is 24.4 Å². The number of aryl methyl sites for hydroxylation is 1. The van der Waals surface area contributed by atoms with Crippen LogP contribution in [-0.2, 0) is 6.42 Å². The maximum atomic E-state index is 12.7. The Morgan fingerprint density at radius 3 is 2.14 bits per heavy atom. The third-order valence-electron chi connectivity index (χ3n) is 5.31. The Morgan fingerprint density at radius 1 is 0.893 bits per heavy atom. The molecule has 0 unspecified atom stereocenters. The molecule has 0 fully saturated rings. The van der Waals surface area contributed by atoms with Gasteiger partial charge in [0.2, 0.25) is 11.2 Å². The third kappa shape index (κ3) is 3.29. The largest absolute Gasteiger partial charge is 0.493 e. The number of hydrogen-bond acceptors (Lipinski definition) is 6. The van der Waals surface area contributed by atoms with E-state index in [4.69, 9.17) is 18.9 Å². The van der Waals surface area contributed by atoms with Crippen LogP contribution in [-0.4, -0.2) is 47.4 Å². The first kappa shape index (κ1) is 20.0. The molecule has 0 amide bonds. The molecule has 0 aromatic heterocycles. The number of nitrogens with zero attached hydrogens (tertiary/aromatic N) is 1. The van der Waals surface area contributed by atoms with Crippen molar-refractivity contribution in [2.45, 2.75) is 18.9 Å². The van der Waals surface area contributed by atoms with Gasteiger partial charge >= 0.3 is 0 Å². The molecule has 0 aliphatic heterocycles. The number of methoxy groups -OCH3 is 4. The zero-order chi connectivity index (χ0) is 20.4. The van der Waals surface area contributed by atoms with Crippen molar-refractivity contribution < 1.29 is 18.9 Å². The molecule has 6 nitrogen and oxygen atoms in total. The van der Waals surface area contributed by atoms with Crippen LogP contribution in [0.25, 0.3) is 11.1 Å². The highest BCUT2D eigenvalue weighted by molar-refractivity contribution is 5.82. The highest BCUT2D eigenvalue weighted by atomic mass is 16.5. The van der Waals surface area contributed by atoms with Crippen LogP contribution in [0, 0.1) is 0 Å². The summed E-state index contributed by atoms with van der Waals surface area (Å²) in [5.74, 6) is 2.09. The quantitative estimate of drug-likeness (QED) is 0.787. The van der Waals surface area contributed by atoms with Crippen LogP contribution in [0.5, 0.6) is 23.0 Å². The second-order valence-electron chi connectivity index (χ2n) is 6.98. The van der Waals surface area contributed by atoms with Gasteiger partial charge < -0.3 is 23.8 Å². The minimum Gasteiger partial charge on any atom is -0.493 e. The van der Waals surface area contributed by atoms with Gasteiger partial charge in [-0.15, -0.1) is 0 Å². The van der Waals surface area contributed by atoms with E-state index in [2.05, 4.69) is 4.90 Å². The maximum Gasteiger partial charge on any atom is 0.220 e. The minimum atomic E-state index is -0.140. The molecule has 2 aromatic carbocycles. The summed E-state index contributed by atoms with van der Waals surface area (Å²) < 4.78 is 22.2. The van der Waals surface area contributed by atoms with Gasteiger partial charge in [0.25, 0.3) is 0 Å². The van der Waals surface area contributed by atoms with Gasteiger partial charge in [-0.1, -0.05) is 6.07 Å². The van der Waals surface area contributed by atoms with Crippen LogP contribution in [0.15, 0.2) is 29.1 Å². The van der Waals surface area contributed by atoms with Crippen molar-refractivity contribution in [2.24, 2.45) is 0 Å². The van der Waals surface area contributed by atoms with Gasteiger partial charge in [0.15, 0.2) is 17.2 Å². The summed E-state index contributed by atoms with van der Waals surface area (Å²) in [7, 11) is 10.4. The first-order valence-electron chi connectivity index (χ1n) is 9.17. The van der Waals surface area contributed by atoms with E-state index in [1.165, 1.54) is 7.11 Å². The van der Waals surface area contributed by atoms with E-state index in [9.17, 15) is 4.79 Å². The SMILES string of the molecule is COc1cc2c(c(OC)c1OC)-c1ccc(OC)c(=O)cc1[C@H](N(C)C)CC2. The molecule has 0 radical (unpaired) electrons. The van der Waals surface area contributed by atoms with Crippen molar-refractivity contribution in [1.82, 2.24) is 4.90 Å². The van der Waals surface area contributed by atoms with Crippen LogP contribution in [0.1, 0.15) is 23.6 Å². The van der Waals surface area contributed by atoms with Crippen molar-refractivity contribution >= 4 is 0 Å². The van der Waals surface area contributed by atoms with E-state index in [1.807, 2.05) is 26.2 Å². The lowest BCUT2D eigenvalue weighted by molar-refractivity contribution is 0.286. The first-order chi connectivity index (χ1) is 13.5. The van der Waals surface area contributed by atoms with Gasteiger partial charge in [-0.3, -0.25) is 4.79 Å². The molecule has 2 aromatic rings. The summed E-state index contributed by atoms with van der Waals surface area (Å²) in [6.45, 7) is 0. The highest BCUT2D eigenvalue weighted by Crippen LogP contribution is 2.50. The molecule has 1 atom stereocenters. The van der Waals surface area contributed by atoms with E-state index < -0.39 is 0 Å². The lowest BCUT2D eigenvalue weighted by Gasteiger charge is -2.24. The van der Waals surface area contributed by atoms with E-state index in [-0.39, 0.29) is 11.5 Å². The van der Waals surface area contributed by atoms with Crippen molar-refractivity contribution in [3.05, 3.63) is 45.6 Å². The van der Waals surface area contributed by atoms with Gasteiger partial charge in [-0.2, -0.15) is 0 Å². The highest BCUT2D eigenvalue weighted by Gasteiger charge is 2.29. The summed E-state index contributed by atoms with van der Waals surface area (Å²) in [4.78, 5) is 14.8. The van der Waals surface area contributed by atoms with Crippen LogP contribution in [0.4, 0.5) is 0 Å². The van der Waals surface area contributed by atoms with Crippen LogP contribution in [0.2, 0.25) is 0 Å². The molecule has 0 heterocycles. The molecule has 28 heavy (non-hydrogen) atoms. The molecule has 0 bridgehead atoms. The van der Waals surface area contributed by atoms with E-state index >= 15 is 0 Å². The van der Waals surface area contributed by atoms with Crippen molar-refractivity contribution in [1.29, 1.82) is 0 Å². The monoisotopic (exact) mass is 385 g/mol. The molecule has 6 heteroatoms. The van der Waals surface area contributed by atoms with Gasteiger partial charge in [-0.25, -0.2) is 0 Å². The summed E-state index contributed by atoms with van der Waals surface area (Å²) in [6.07, 6.45) is 1.68. The molecular weight excluding hydrogens is 358 g/mol. The number of benzene rings is 1. The van der Waals surface area contributed by atoms with Crippen molar-refractivity contribution in [3.8, 4) is 34.1 Å². The van der Waals surface area contributed by atoms with Gasteiger partial charge in [-0.05, 0) is 61.8 Å². The molecule has 1 aliphatic rings. The predicted molar refractivity (Wildman–Crippen MR) is 109 cm³/mol. The fourth-order valence-electron chi connectivity index (χ4n) is 3.98. The van der Waals surface area contributed by atoms with Gasteiger partial charge in [0.05, 0.1) is 28.4 Å². The third-order valence-corrected chi connectivity index (χ3v) is 5.31. The van der Waals surface area contributed by atoms with Crippen molar-refractivity contribution in [3.63, 3.8) is 0 Å². The average Bonchev–Trinajstić information content (AvgIpc) is 2.93. The zero-order valence-electron chi connectivity index (χ0n) is 17.3. The summed E-state index contributed by atoms with van der Waals surface area (Å²) in [6, 6.07) is 7.42. The lowest BCUT2D eigenvalue weighted by atomic mass is 9.95. The second kappa shape index (κ2) is 8.10. The molecule has 0 N–H and O–H groups in total. The number of rotatable bonds is 5. The Bertz CT molecular complexity index is 939. The van der Waals surface area contributed by atoms with Crippen molar-refractivity contribution in [2.75, 3.05) is 42.5 Å². The Hall–Kier alpha value is -2.73.